The maximum atomic E-state index is 12.9. The average Bonchev–Trinajstić information content (AvgIpc) is 2.45. The Morgan fingerprint density at radius 1 is 1.05 bits per heavy atom. The predicted molar refractivity (Wildman–Crippen MR) is 80.6 cm³/mol. The first kappa shape index (κ1) is 16.1. The van der Waals surface area contributed by atoms with E-state index in [1.54, 1.807) is 12.1 Å². The second kappa shape index (κ2) is 6.66. The van der Waals surface area contributed by atoms with Crippen LogP contribution in [-0.2, 0) is 6.18 Å². The zero-order chi connectivity index (χ0) is 15.5. The van der Waals surface area contributed by atoms with Gasteiger partial charge in [0.1, 0.15) is 0 Å². The molecule has 0 aromatic heterocycles. The van der Waals surface area contributed by atoms with Crippen LogP contribution in [0.25, 0.3) is 0 Å². The summed E-state index contributed by atoms with van der Waals surface area (Å²) in [6.07, 6.45) is -4.52. The molecule has 0 spiro atoms. The van der Waals surface area contributed by atoms with Crippen molar-refractivity contribution in [2.24, 2.45) is 0 Å². The van der Waals surface area contributed by atoms with Gasteiger partial charge in [-0.2, -0.15) is 13.2 Å². The Labute approximate surface area is 132 Å². The zero-order valence-corrected chi connectivity index (χ0v) is 13.1. The molecule has 2 aromatic carbocycles. The molecule has 0 fully saturated rings. The van der Waals surface area contributed by atoms with Gasteiger partial charge in [-0.25, -0.2) is 0 Å². The van der Waals surface area contributed by atoms with Crippen molar-refractivity contribution in [3.8, 4) is 0 Å². The maximum absolute atomic E-state index is 12.9. The minimum atomic E-state index is -4.52. The van der Waals surface area contributed by atoms with Crippen molar-refractivity contribution < 1.29 is 18.0 Å². The van der Waals surface area contributed by atoms with Crippen LogP contribution in [0, 0.1) is 0 Å². The number of alkyl halides is 3. The Morgan fingerprint density at radius 3 is 2.33 bits per heavy atom. The highest BCUT2D eigenvalue weighted by molar-refractivity contribution is 9.10. The van der Waals surface area contributed by atoms with Gasteiger partial charge in [0.15, 0.2) is 5.78 Å². The molecule has 0 N–H and O–H groups in total. The molecule has 0 heterocycles. The standard InChI is InChI=1S/C15H10BrF3OS/c16-12-7-3-4-8-14(12)21-9-13(20)10-5-1-2-6-11(10)15(17,18)19/h1-8H,9H2. The van der Waals surface area contributed by atoms with E-state index in [1.165, 1.54) is 30.0 Å². The van der Waals surface area contributed by atoms with Crippen molar-refractivity contribution in [3.63, 3.8) is 0 Å². The Hall–Kier alpha value is -1.27. The lowest BCUT2D eigenvalue weighted by Crippen LogP contribution is -2.14. The van der Waals surface area contributed by atoms with Gasteiger partial charge in [-0.05, 0) is 34.1 Å². The molecule has 0 aliphatic heterocycles. The third-order valence-electron chi connectivity index (χ3n) is 2.73. The Morgan fingerprint density at radius 2 is 1.67 bits per heavy atom. The van der Waals surface area contributed by atoms with Crippen molar-refractivity contribution in [1.29, 1.82) is 0 Å². The minimum absolute atomic E-state index is 0.0459. The monoisotopic (exact) mass is 374 g/mol. The number of rotatable bonds is 4. The second-order valence-electron chi connectivity index (χ2n) is 4.19. The zero-order valence-electron chi connectivity index (χ0n) is 10.7. The third kappa shape index (κ3) is 4.11. The van der Waals surface area contributed by atoms with Crippen LogP contribution in [0.1, 0.15) is 15.9 Å². The summed E-state index contributed by atoms with van der Waals surface area (Å²) >= 11 is 4.54. The fourth-order valence-electron chi connectivity index (χ4n) is 1.76. The first-order chi connectivity index (χ1) is 9.89. The van der Waals surface area contributed by atoms with Gasteiger partial charge in [0, 0.05) is 14.9 Å². The van der Waals surface area contributed by atoms with Crippen LogP contribution in [0.3, 0.4) is 0 Å². The third-order valence-corrected chi connectivity index (χ3v) is 4.76. The van der Waals surface area contributed by atoms with Gasteiger partial charge < -0.3 is 0 Å². The molecular weight excluding hydrogens is 365 g/mol. The SMILES string of the molecule is O=C(CSc1ccccc1Br)c1ccccc1C(F)(F)F. The van der Waals surface area contributed by atoms with Crippen LogP contribution in [0.4, 0.5) is 13.2 Å². The molecule has 0 aliphatic rings. The van der Waals surface area contributed by atoms with Crippen molar-refractivity contribution in [2.75, 3.05) is 5.75 Å². The average molecular weight is 375 g/mol. The Bertz CT molecular complexity index is 655. The van der Waals surface area contributed by atoms with E-state index in [0.717, 1.165) is 15.4 Å². The topological polar surface area (TPSA) is 17.1 Å². The number of carbonyl (C=O) groups excluding carboxylic acids is 1. The molecule has 0 aliphatic carbocycles. The quantitative estimate of drug-likeness (QED) is 0.523. The Balaban J connectivity index is 2.17. The lowest BCUT2D eigenvalue weighted by Gasteiger charge is -2.11. The molecule has 0 amide bonds. The number of hydrogen-bond donors (Lipinski definition) is 0. The van der Waals surface area contributed by atoms with Crippen LogP contribution in [-0.4, -0.2) is 11.5 Å². The highest BCUT2D eigenvalue weighted by Crippen LogP contribution is 2.33. The molecule has 0 atom stereocenters. The summed E-state index contributed by atoms with van der Waals surface area (Å²) in [6, 6.07) is 12.1. The van der Waals surface area contributed by atoms with Gasteiger partial charge >= 0.3 is 6.18 Å². The molecule has 0 bridgehead atoms. The van der Waals surface area contributed by atoms with Gasteiger partial charge in [0.2, 0.25) is 0 Å². The van der Waals surface area contributed by atoms with Crippen LogP contribution < -0.4 is 0 Å². The summed E-state index contributed by atoms with van der Waals surface area (Å²) in [5.74, 6) is -0.584. The van der Waals surface area contributed by atoms with Crippen molar-refractivity contribution >= 4 is 33.5 Å². The predicted octanol–water partition coefficient (Wildman–Crippen LogP) is 5.44. The number of Topliss-reactive ketones (excluding diaryl/α,β-unsaturated/α-hetero) is 1. The number of thioether (sulfide) groups is 1. The summed E-state index contributed by atoms with van der Waals surface area (Å²) < 4.78 is 39.4. The van der Waals surface area contributed by atoms with E-state index >= 15 is 0 Å². The van der Waals surface area contributed by atoms with E-state index < -0.39 is 17.5 Å². The number of hydrogen-bond acceptors (Lipinski definition) is 2. The van der Waals surface area contributed by atoms with Gasteiger partial charge in [-0.3, -0.25) is 4.79 Å². The first-order valence-corrected chi connectivity index (χ1v) is 7.74. The normalized spacial score (nSPS) is 11.4. The van der Waals surface area contributed by atoms with Crippen LogP contribution in [0.15, 0.2) is 57.9 Å². The highest BCUT2D eigenvalue weighted by atomic mass is 79.9. The highest BCUT2D eigenvalue weighted by Gasteiger charge is 2.34. The summed E-state index contributed by atoms with van der Waals surface area (Å²) in [5.41, 5.74) is -1.17. The summed E-state index contributed by atoms with van der Waals surface area (Å²) in [7, 11) is 0. The van der Waals surface area contributed by atoms with E-state index in [-0.39, 0.29) is 11.3 Å². The van der Waals surface area contributed by atoms with Gasteiger partial charge in [0.05, 0.1) is 11.3 Å². The molecule has 0 saturated heterocycles. The molecule has 1 nitrogen and oxygen atoms in total. The number of benzene rings is 2. The van der Waals surface area contributed by atoms with Crippen LogP contribution in [0.2, 0.25) is 0 Å². The molecule has 21 heavy (non-hydrogen) atoms. The summed E-state index contributed by atoms with van der Waals surface area (Å²) in [5, 5.41) is 0. The molecule has 110 valence electrons. The van der Waals surface area contributed by atoms with E-state index in [0.29, 0.717) is 0 Å². The van der Waals surface area contributed by atoms with Crippen molar-refractivity contribution in [1.82, 2.24) is 0 Å². The number of ketones is 1. The molecule has 0 saturated carbocycles. The molecule has 2 rings (SSSR count). The van der Waals surface area contributed by atoms with Crippen LogP contribution in [0.5, 0.6) is 0 Å². The van der Waals surface area contributed by atoms with Gasteiger partial charge in [0.25, 0.3) is 0 Å². The second-order valence-corrected chi connectivity index (χ2v) is 6.06. The number of carbonyl (C=O) groups is 1. The lowest BCUT2D eigenvalue weighted by atomic mass is 10.0. The van der Waals surface area contributed by atoms with E-state index in [1.807, 2.05) is 12.1 Å². The first-order valence-electron chi connectivity index (χ1n) is 5.96. The number of halogens is 4. The van der Waals surface area contributed by atoms with Crippen molar-refractivity contribution in [2.45, 2.75) is 11.1 Å². The lowest BCUT2D eigenvalue weighted by molar-refractivity contribution is -0.137. The fraction of sp³-hybridized carbons (Fsp3) is 0.133. The van der Waals surface area contributed by atoms with E-state index in [2.05, 4.69) is 15.9 Å². The maximum Gasteiger partial charge on any atom is 0.417 e. The Kier molecular flexibility index (Phi) is 5.11. The van der Waals surface area contributed by atoms with Gasteiger partial charge in [-0.15, -0.1) is 11.8 Å². The summed E-state index contributed by atoms with van der Waals surface area (Å²) in [6.45, 7) is 0. The largest absolute Gasteiger partial charge is 0.417 e. The van der Waals surface area contributed by atoms with Crippen LogP contribution >= 0.6 is 27.7 Å². The molecule has 2 aromatic rings. The van der Waals surface area contributed by atoms with Crippen molar-refractivity contribution in [3.05, 3.63) is 64.1 Å². The van der Waals surface area contributed by atoms with Gasteiger partial charge in [-0.1, -0.05) is 30.3 Å². The van der Waals surface area contributed by atoms with E-state index in [9.17, 15) is 18.0 Å². The molecule has 0 radical (unpaired) electrons. The fourth-order valence-corrected chi connectivity index (χ4v) is 3.21. The summed E-state index contributed by atoms with van der Waals surface area (Å²) in [4.78, 5) is 12.9. The molecule has 6 heteroatoms. The molecule has 0 unspecified atom stereocenters. The molecular formula is C15H10BrF3OS. The van der Waals surface area contributed by atoms with E-state index in [4.69, 9.17) is 0 Å². The minimum Gasteiger partial charge on any atom is -0.293 e. The smallest absolute Gasteiger partial charge is 0.293 e.